The number of hydrogen-bond acceptors (Lipinski definition) is 3. The van der Waals surface area contributed by atoms with E-state index in [9.17, 15) is 9.18 Å². The molecule has 0 spiro atoms. The van der Waals surface area contributed by atoms with Crippen molar-refractivity contribution in [1.29, 1.82) is 0 Å². The molecule has 2 rings (SSSR count). The maximum atomic E-state index is 13.2. The fourth-order valence-electron chi connectivity index (χ4n) is 1.88. The van der Waals surface area contributed by atoms with Gasteiger partial charge >= 0.3 is 6.09 Å². The Hall–Kier alpha value is -1.69. The lowest BCUT2D eigenvalue weighted by Gasteiger charge is -2.31. The number of halogens is 2. The topological polar surface area (TPSA) is 78.6 Å². The molecule has 0 aliphatic carbocycles. The molecule has 1 saturated heterocycles. The van der Waals surface area contributed by atoms with Crippen molar-refractivity contribution < 1.29 is 17.0 Å². The first-order valence-electron chi connectivity index (χ1n) is 6.72. The zero-order valence-electron chi connectivity index (χ0n) is 12.0. The molecule has 1 aromatic carbocycles. The highest BCUT2D eigenvalue weighted by molar-refractivity contribution is 6.31. The predicted octanol–water partition coefficient (Wildman–Crippen LogP) is 2.62. The number of benzene rings is 1. The number of hydrogen-bond donors (Lipinski definition) is 3. The minimum atomic E-state index is -1.97. The monoisotopic (exact) mass is 289 g/mol. The molecule has 0 bridgehead atoms. The van der Waals surface area contributed by atoms with Gasteiger partial charge in [-0.05, 0) is 18.9 Å². The zero-order valence-corrected chi connectivity index (χ0v) is 10.7. The van der Waals surface area contributed by atoms with Crippen LogP contribution < -0.4 is 11.1 Å². The van der Waals surface area contributed by atoms with Crippen LogP contribution in [0.4, 0.5) is 20.6 Å². The van der Waals surface area contributed by atoms with Crippen LogP contribution >= 0.6 is 11.6 Å². The molecule has 1 aromatic rings. The van der Waals surface area contributed by atoms with Crippen LogP contribution in [0.5, 0.6) is 0 Å². The largest absolute Gasteiger partial charge is 0.465 e. The number of rotatable bonds is 2. The van der Waals surface area contributed by atoms with Crippen molar-refractivity contribution in [3.63, 3.8) is 0 Å². The number of amides is 1. The van der Waals surface area contributed by atoms with Crippen molar-refractivity contribution in [2.45, 2.75) is 18.9 Å². The Morgan fingerprint density at radius 3 is 3.00 bits per heavy atom. The first-order valence-corrected chi connectivity index (χ1v) is 6.10. The summed E-state index contributed by atoms with van der Waals surface area (Å²) in [5.74, 6) is -0.629. The van der Waals surface area contributed by atoms with Crippen LogP contribution in [0.25, 0.3) is 0 Å². The maximum absolute atomic E-state index is 13.2. The van der Waals surface area contributed by atoms with E-state index in [1.165, 1.54) is 6.07 Å². The van der Waals surface area contributed by atoms with Crippen LogP contribution in [0.15, 0.2) is 12.1 Å². The van der Waals surface area contributed by atoms with Gasteiger partial charge in [0.1, 0.15) is 5.82 Å². The Kier molecular flexibility index (Phi) is 3.24. The van der Waals surface area contributed by atoms with Gasteiger partial charge in [0.2, 0.25) is 0 Å². The molecule has 1 aliphatic heterocycles. The van der Waals surface area contributed by atoms with E-state index < -0.39 is 18.4 Å². The van der Waals surface area contributed by atoms with Gasteiger partial charge in [0, 0.05) is 27.9 Å². The number of nitrogens with one attached hydrogen (secondary N) is 1. The third-order valence-corrected chi connectivity index (χ3v) is 3.20. The van der Waals surface area contributed by atoms with Crippen LogP contribution in [-0.4, -0.2) is 35.2 Å². The molecule has 19 heavy (non-hydrogen) atoms. The summed E-state index contributed by atoms with van der Waals surface area (Å²) in [5, 5.41) is 11.9. The molecule has 1 unspecified atom stereocenters. The second-order valence-corrected chi connectivity index (χ2v) is 4.69. The number of nitrogens with two attached hydrogens (primary N) is 1. The summed E-state index contributed by atoms with van der Waals surface area (Å²) in [6.45, 7) is -1.91. The molecule has 7 heteroatoms. The molecule has 5 nitrogen and oxygen atoms in total. The lowest BCUT2D eigenvalue weighted by atomic mass is 10.0. The number of carbonyl (C=O) groups is 1. The molecule has 1 aliphatic rings. The highest BCUT2D eigenvalue weighted by Crippen LogP contribution is 2.28. The number of likely N-dealkylation sites (tertiary alicyclic amines) is 1. The highest BCUT2D eigenvalue weighted by atomic mass is 35.5. The van der Waals surface area contributed by atoms with Crippen molar-refractivity contribution in [3.8, 4) is 0 Å². The van der Waals surface area contributed by atoms with E-state index in [-0.39, 0.29) is 29.7 Å². The average molecular weight is 290 g/mol. The van der Waals surface area contributed by atoms with E-state index in [2.05, 4.69) is 5.32 Å². The van der Waals surface area contributed by atoms with E-state index in [1.807, 2.05) is 0 Å². The minimum Gasteiger partial charge on any atom is -0.465 e. The molecule has 0 saturated carbocycles. The second-order valence-electron chi connectivity index (χ2n) is 4.28. The molecule has 104 valence electrons. The Labute approximate surface area is 117 Å². The first-order chi connectivity index (χ1) is 9.70. The number of piperidine rings is 1. The molecule has 0 aromatic heterocycles. The molecular formula is C12H15ClFN3O2. The third kappa shape index (κ3) is 3.20. The molecule has 1 atom stereocenters. The standard InChI is InChI=1S/C12H15ClFN3O2/c13-8-5-11(10(15)6-9(8)14)16-7-1-3-17(4-2-7)12(18)19/h5-7,16H,1-4,15H2,(H,18,19)/i3D2. The SMILES string of the molecule is [2H]C1([2H])CC(Nc2cc(Cl)c(F)cc2N)CCN1C(=O)O. The average Bonchev–Trinajstić information content (AvgIpc) is 2.34. The first kappa shape index (κ1) is 11.2. The van der Waals surface area contributed by atoms with Gasteiger partial charge in [-0.2, -0.15) is 0 Å². The Morgan fingerprint density at radius 2 is 2.37 bits per heavy atom. The van der Waals surface area contributed by atoms with E-state index in [0.717, 1.165) is 11.0 Å². The summed E-state index contributed by atoms with van der Waals surface area (Å²) < 4.78 is 28.8. The summed E-state index contributed by atoms with van der Waals surface area (Å²) in [4.78, 5) is 11.7. The summed E-state index contributed by atoms with van der Waals surface area (Å²) in [7, 11) is 0. The molecule has 4 N–H and O–H groups in total. The fraction of sp³-hybridized carbons (Fsp3) is 0.417. The predicted molar refractivity (Wildman–Crippen MR) is 72.1 cm³/mol. The van der Waals surface area contributed by atoms with Crippen molar-refractivity contribution in [2.24, 2.45) is 0 Å². The van der Waals surface area contributed by atoms with Crippen LogP contribution in [0.2, 0.25) is 5.02 Å². The molecular weight excluding hydrogens is 273 g/mol. The smallest absolute Gasteiger partial charge is 0.407 e. The zero-order chi connectivity index (χ0) is 15.8. The number of nitrogen functional groups attached to an aromatic ring is 1. The number of carboxylic acid groups (broad SMARTS) is 1. The van der Waals surface area contributed by atoms with E-state index >= 15 is 0 Å². The molecule has 1 fully saturated rings. The van der Waals surface area contributed by atoms with Crippen molar-refractivity contribution >= 4 is 29.1 Å². The summed E-state index contributed by atoms with van der Waals surface area (Å²) in [5.41, 5.74) is 6.26. The summed E-state index contributed by atoms with van der Waals surface area (Å²) in [6.07, 6.45) is -0.906. The van der Waals surface area contributed by atoms with Gasteiger partial charge in [-0.1, -0.05) is 11.6 Å². The van der Waals surface area contributed by atoms with Gasteiger partial charge in [0.05, 0.1) is 16.4 Å². The molecule has 0 radical (unpaired) electrons. The minimum absolute atomic E-state index is 0.0340. The fourth-order valence-corrected chi connectivity index (χ4v) is 2.04. The Balaban J connectivity index is 2.12. The number of anilines is 2. The van der Waals surface area contributed by atoms with E-state index in [0.29, 0.717) is 12.1 Å². The normalized spacial score (nSPS) is 23.5. The van der Waals surface area contributed by atoms with Crippen LogP contribution in [0.1, 0.15) is 15.6 Å². The van der Waals surface area contributed by atoms with E-state index in [1.54, 1.807) is 0 Å². The van der Waals surface area contributed by atoms with Crippen molar-refractivity contribution in [3.05, 3.63) is 23.0 Å². The molecule has 1 heterocycles. The second kappa shape index (κ2) is 5.52. The van der Waals surface area contributed by atoms with Crippen LogP contribution in [0.3, 0.4) is 0 Å². The third-order valence-electron chi connectivity index (χ3n) is 2.91. The van der Waals surface area contributed by atoms with E-state index in [4.69, 9.17) is 25.2 Å². The van der Waals surface area contributed by atoms with Gasteiger partial charge in [-0.3, -0.25) is 0 Å². The summed E-state index contributed by atoms with van der Waals surface area (Å²) >= 11 is 5.69. The van der Waals surface area contributed by atoms with Gasteiger partial charge in [-0.25, -0.2) is 9.18 Å². The Bertz CT molecular complexity index is 574. The van der Waals surface area contributed by atoms with Gasteiger partial charge in [0.15, 0.2) is 0 Å². The number of nitrogens with zero attached hydrogens (tertiary/aromatic N) is 1. The highest BCUT2D eigenvalue weighted by Gasteiger charge is 2.22. The van der Waals surface area contributed by atoms with Crippen LogP contribution in [-0.2, 0) is 0 Å². The lowest BCUT2D eigenvalue weighted by Crippen LogP contribution is -2.41. The van der Waals surface area contributed by atoms with Crippen molar-refractivity contribution in [1.82, 2.24) is 4.90 Å². The van der Waals surface area contributed by atoms with Crippen LogP contribution in [0, 0.1) is 5.82 Å². The van der Waals surface area contributed by atoms with Gasteiger partial charge in [-0.15, -0.1) is 0 Å². The summed E-state index contributed by atoms with van der Waals surface area (Å²) in [6, 6.07) is 2.11. The maximum Gasteiger partial charge on any atom is 0.407 e. The lowest BCUT2D eigenvalue weighted by molar-refractivity contribution is 0.134. The van der Waals surface area contributed by atoms with Gasteiger partial charge in [0.25, 0.3) is 0 Å². The van der Waals surface area contributed by atoms with Crippen molar-refractivity contribution in [2.75, 3.05) is 24.1 Å². The quantitative estimate of drug-likeness (QED) is 0.731. The van der Waals surface area contributed by atoms with Gasteiger partial charge < -0.3 is 21.1 Å². The Morgan fingerprint density at radius 1 is 1.63 bits per heavy atom. The molecule has 1 amide bonds.